The van der Waals surface area contributed by atoms with Crippen LogP contribution in [0, 0.1) is 0 Å². The average Bonchev–Trinajstić information content (AvgIpc) is 2.97. The van der Waals surface area contributed by atoms with Gasteiger partial charge in [-0.3, -0.25) is 0 Å². The molecule has 0 radical (unpaired) electrons. The second-order valence-electron chi connectivity index (χ2n) is 10.3. The highest BCUT2D eigenvalue weighted by Gasteiger charge is 2.24. The Kier molecular flexibility index (Phi) is 16.8. The van der Waals surface area contributed by atoms with E-state index in [9.17, 15) is 29.4 Å². The third kappa shape index (κ3) is 11.0. The molecule has 0 bridgehead atoms. The van der Waals surface area contributed by atoms with Gasteiger partial charge in [0.2, 0.25) is 0 Å². The summed E-state index contributed by atoms with van der Waals surface area (Å²) in [6.45, 7) is 10.2. The maximum Gasteiger partial charge on any atom is 0.339 e. The minimum absolute atomic E-state index is 0.0130. The number of esters is 1. The zero-order valence-electron chi connectivity index (χ0n) is 25.8. The van der Waals surface area contributed by atoms with Gasteiger partial charge in [-0.2, -0.15) is 0 Å². The van der Waals surface area contributed by atoms with Crippen LogP contribution in [0.15, 0.2) is 30.3 Å². The highest BCUT2D eigenvalue weighted by Crippen LogP contribution is 2.27. The van der Waals surface area contributed by atoms with Gasteiger partial charge in [-0.25, -0.2) is 19.2 Å². The van der Waals surface area contributed by atoms with Crippen LogP contribution in [0.25, 0.3) is 0 Å². The largest absolute Gasteiger partial charge is 0.478 e. The van der Waals surface area contributed by atoms with Gasteiger partial charge in [0.15, 0.2) is 0 Å². The Morgan fingerprint density at radius 2 is 1.29 bits per heavy atom. The number of rotatable bonds is 17. The molecule has 0 aliphatic rings. The van der Waals surface area contributed by atoms with Crippen molar-refractivity contribution in [1.29, 1.82) is 0 Å². The monoisotopic (exact) mass is 584 g/mol. The molecule has 0 saturated heterocycles. The lowest BCUT2D eigenvalue weighted by Crippen LogP contribution is -2.19. The van der Waals surface area contributed by atoms with E-state index in [-0.39, 0.29) is 28.4 Å². The molecule has 2 aromatic rings. The van der Waals surface area contributed by atoms with Gasteiger partial charge in [-0.15, -0.1) is 0 Å². The molecule has 2 rings (SSSR count). The number of hydrogen-bond donors (Lipinski definition) is 3. The van der Waals surface area contributed by atoms with Crippen LogP contribution in [0.5, 0.6) is 0 Å². The Morgan fingerprint density at radius 1 is 0.690 bits per heavy atom. The molecule has 0 fully saturated rings. The van der Waals surface area contributed by atoms with Gasteiger partial charge in [0.05, 0.1) is 22.3 Å². The van der Waals surface area contributed by atoms with Crippen LogP contribution >= 0.6 is 0 Å². The van der Waals surface area contributed by atoms with E-state index in [1.54, 1.807) is 18.2 Å². The summed E-state index contributed by atoms with van der Waals surface area (Å²) in [6.07, 6.45) is 10.9. The number of carboxylic acids is 3. The first-order chi connectivity index (χ1) is 20.1. The van der Waals surface area contributed by atoms with Crippen molar-refractivity contribution in [2.75, 3.05) is 0 Å². The van der Waals surface area contributed by atoms with E-state index in [4.69, 9.17) is 9.84 Å². The second kappa shape index (κ2) is 19.4. The molecule has 0 heterocycles. The first-order valence-corrected chi connectivity index (χ1v) is 15.2. The summed E-state index contributed by atoms with van der Waals surface area (Å²) in [6, 6.07) is 7.68. The molecule has 3 N–H and O–H groups in total. The standard InChI is InChI=1S/C18H26O4.C16H22O4/c1-4-7-8-9-10-14-13(6-3)12(5-2)11-15(17(19)20)16(14)18(21)22;1-3-5-6-9-12(4-2)20-16(19)14-11-8-7-10-13(14)15(17)18/h11H,4-10H2,1-3H3,(H,19,20)(H,21,22);7-8,10-12H,3-6,9H2,1-2H3,(H,17,18). The van der Waals surface area contributed by atoms with Crippen molar-refractivity contribution in [3.63, 3.8) is 0 Å². The van der Waals surface area contributed by atoms with Crippen LogP contribution in [0.3, 0.4) is 0 Å². The van der Waals surface area contributed by atoms with Crippen molar-refractivity contribution in [2.45, 2.75) is 118 Å². The molecular weight excluding hydrogens is 536 g/mol. The van der Waals surface area contributed by atoms with E-state index in [2.05, 4.69) is 13.8 Å². The number of carbonyl (C=O) groups excluding carboxylic acids is 1. The molecule has 0 spiro atoms. The van der Waals surface area contributed by atoms with E-state index in [0.717, 1.165) is 80.9 Å². The summed E-state index contributed by atoms with van der Waals surface area (Å²) >= 11 is 0. The smallest absolute Gasteiger partial charge is 0.339 e. The lowest BCUT2D eigenvalue weighted by molar-refractivity contribution is 0.0262. The summed E-state index contributed by atoms with van der Waals surface area (Å²) in [5, 5.41) is 28.0. The number of aryl methyl sites for hydroxylation is 1. The number of benzene rings is 2. The van der Waals surface area contributed by atoms with E-state index < -0.39 is 23.9 Å². The van der Waals surface area contributed by atoms with E-state index in [1.165, 1.54) is 12.1 Å². The first-order valence-electron chi connectivity index (χ1n) is 15.2. The minimum Gasteiger partial charge on any atom is -0.478 e. The molecule has 0 aliphatic carbocycles. The minimum atomic E-state index is -1.16. The molecule has 232 valence electrons. The molecule has 0 aliphatic heterocycles. The highest BCUT2D eigenvalue weighted by atomic mass is 16.5. The molecule has 0 saturated carbocycles. The molecule has 8 nitrogen and oxygen atoms in total. The molecular formula is C34H48O8. The lowest BCUT2D eigenvalue weighted by Gasteiger charge is -2.18. The highest BCUT2D eigenvalue weighted by molar-refractivity contribution is 6.03. The van der Waals surface area contributed by atoms with Crippen molar-refractivity contribution in [3.8, 4) is 0 Å². The van der Waals surface area contributed by atoms with Crippen molar-refractivity contribution < 1.29 is 39.2 Å². The first kappa shape index (κ1) is 36.3. The fourth-order valence-corrected chi connectivity index (χ4v) is 5.04. The molecule has 1 unspecified atom stereocenters. The Hall–Kier alpha value is -3.68. The Balaban J connectivity index is 0.000000422. The van der Waals surface area contributed by atoms with Crippen LogP contribution in [-0.2, 0) is 24.0 Å². The molecule has 2 aromatic carbocycles. The van der Waals surface area contributed by atoms with Gasteiger partial charge in [0.25, 0.3) is 0 Å². The quantitative estimate of drug-likeness (QED) is 0.125. The predicted octanol–water partition coefficient (Wildman–Crippen LogP) is 8.23. The molecule has 42 heavy (non-hydrogen) atoms. The maximum atomic E-state index is 12.1. The Bertz CT molecular complexity index is 1180. The third-order valence-corrected chi connectivity index (χ3v) is 7.34. The van der Waals surface area contributed by atoms with Crippen LogP contribution < -0.4 is 0 Å². The third-order valence-electron chi connectivity index (χ3n) is 7.34. The van der Waals surface area contributed by atoms with Crippen molar-refractivity contribution in [3.05, 3.63) is 69.3 Å². The number of carbonyl (C=O) groups is 4. The van der Waals surface area contributed by atoms with Crippen LogP contribution in [0.4, 0.5) is 0 Å². The summed E-state index contributed by atoms with van der Waals surface area (Å²) < 4.78 is 5.42. The number of ether oxygens (including phenoxy) is 1. The summed E-state index contributed by atoms with van der Waals surface area (Å²) in [4.78, 5) is 46.3. The second-order valence-corrected chi connectivity index (χ2v) is 10.3. The number of carboxylic acid groups (broad SMARTS) is 3. The zero-order chi connectivity index (χ0) is 31.7. The topological polar surface area (TPSA) is 138 Å². The van der Waals surface area contributed by atoms with Gasteiger partial charge < -0.3 is 20.1 Å². The van der Waals surface area contributed by atoms with Gasteiger partial charge >= 0.3 is 23.9 Å². The predicted molar refractivity (Wildman–Crippen MR) is 164 cm³/mol. The number of aromatic carboxylic acids is 3. The van der Waals surface area contributed by atoms with Crippen LogP contribution in [0.1, 0.15) is 151 Å². The SMILES string of the molecule is CCCCCC(CC)OC(=O)c1ccccc1C(=O)O.CCCCCCc1c(CC)c(CC)cc(C(=O)O)c1C(=O)O. The van der Waals surface area contributed by atoms with Crippen LogP contribution in [0.2, 0.25) is 0 Å². The van der Waals surface area contributed by atoms with Gasteiger partial charge in [-0.05, 0) is 79.8 Å². The number of unbranched alkanes of at least 4 members (excludes halogenated alkanes) is 5. The normalized spacial score (nSPS) is 11.3. The van der Waals surface area contributed by atoms with Crippen molar-refractivity contribution in [1.82, 2.24) is 0 Å². The molecule has 1 atom stereocenters. The summed E-state index contributed by atoms with van der Waals surface area (Å²) in [5.41, 5.74) is 2.71. The van der Waals surface area contributed by atoms with Gasteiger partial charge in [0, 0.05) is 0 Å². The number of hydrogen-bond acceptors (Lipinski definition) is 5. The fraction of sp³-hybridized carbons (Fsp3) is 0.529. The Labute approximate surface area is 250 Å². The van der Waals surface area contributed by atoms with E-state index in [0.29, 0.717) is 12.8 Å². The fourth-order valence-electron chi connectivity index (χ4n) is 5.04. The molecule has 0 amide bonds. The van der Waals surface area contributed by atoms with Gasteiger partial charge in [0.1, 0.15) is 6.10 Å². The molecule has 8 heteroatoms. The average molecular weight is 585 g/mol. The van der Waals surface area contributed by atoms with Crippen molar-refractivity contribution >= 4 is 23.9 Å². The molecule has 0 aromatic heterocycles. The van der Waals surface area contributed by atoms with Crippen molar-refractivity contribution in [2.24, 2.45) is 0 Å². The summed E-state index contributed by atoms with van der Waals surface area (Å²) in [5.74, 6) is -3.97. The zero-order valence-corrected chi connectivity index (χ0v) is 25.8. The maximum absolute atomic E-state index is 12.1. The van der Waals surface area contributed by atoms with Gasteiger partial charge in [-0.1, -0.05) is 78.9 Å². The van der Waals surface area contributed by atoms with Crippen LogP contribution in [-0.4, -0.2) is 45.3 Å². The van der Waals surface area contributed by atoms with E-state index in [1.807, 2.05) is 20.8 Å². The summed E-state index contributed by atoms with van der Waals surface area (Å²) in [7, 11) is 0. The Morgan fingerprint density at radius 3 is 1.79 bits per heavy atom. The van der Waals surface area contributed by atoms with E-state index >= 15 is 0 Å². The lowest BCUT2D eigenvalue weighted by atomic mass is 9.86.